The van der Waals surface area contributed by atoms with Gasteiger partial charge in [0.25, 0.3) is 5.91 Å². The summed E-state index contributed by atoms with van der Waals surface area (Å²) in [5.41, 5.74) is 6.27. The van der Waals surface area contributed by atoms with Crippen LogP contribution in [-0.4, -0.2) is 51.8 Å². The van der Waals surface area contributed by atoms with Crippen LogP contribution in [0.1, 0.15) is 54.7 Å². The molecule has 2 amide bonds. The number of carbonyl (C=O) groups excluding carboxylic acids is 2. The molecule has 3 aliphatic rings. The van der Waals surface area contributed by atoms with Gasteiger partial charge in [0, 0.05) is 22.7 Å². The van der Waals surface area contributed by atoms with E-state index < -0.39 is 41.4 Å². The zero-order chi connectivity index (χ0) is 29.4. The third-order valence-electron chi connectivity index (χ3n) is 8.59. The van der Waals surface area contributed by atoms with E-state index in [-0.39, 0.29) is 34.3 Å². The molecule has 8 nitrogen and oxygen atoms in total. The summed E-state index contributed by atoms with van der Waals surface area (Å²) in [5.74, 6) is -2.37. The van der Waals surface area contributed by atoms with Crippen LogP contribution in [0.4, 0.5) is 15.8 Å². The molecular weight excluding hydrogens is 568 g/mol. The van der Waals surface area contributed by atoms with E-state index in [0.717, 1.165) is 5.56 Å². The Labute approximate surface area is 247 Å². The Morgan fingerprint density at radius 2 is 1.98 bits per heavy atom. The minimum absolute atomic E-state index is 0.0613. The van der Waals surface area contributed by atoms with Crippen molar-refractivity contribution >= 4 is 46.4 Å². The predicted octanol–water partition coefficient (Wildman–Crippen LogP) is 4.89. The van der Waals surface area contributed by atoms with Crippen LogP contribution in [0, 0.1) is 11.2 Å². The molecule has 2 aromatic carbocycles. The average molecular weight is 599 g/mol. The van der Waals surface area contributed by atoms with Crippen molar-refractivity contribution in [1.82, 2.24) is 9.88 Å². The molecule has 6 rings (SSSR count). The van der Waals surface area contributed by atoms with Crippen molar-refractivity contribution in [2.24, 2.45) is 11.1 Å². The fourth-order valence-corrected chi connectivity index (χ4v) is 7.43. The number of hydrogen-bond acceptors (Lipinski definition) is 6. The van der Waals surface area contributed by atoms with Crippen LogP contribution in [0.5, 0.6) is 0 Å². The van der Waals surface area contributed by atoms with Crippen LogP contribution in [0.15, 0.2) is 54.7 Å². The molecule has 0 radical (unpaired) electrons. The Morgan fingerprint density at radius 1 is 1.22 bits per heavy atom. The number of aliphatic hydroxyl groups is 1. The van der Waals surface area contributed by atoms with E-state index in [1.54, 1.807) is 35.2 Å². The number of fused-ring (bicyclic) bond motifs is 3. The third kappa shape index (κ3) is 4.21. The fraction of sp³-hybridized carbons (Fsp3) is 0.367. The molecule has 1 aromatic heterocycles. The summed E-state index contributed by atoms with van der Waals surface area (Å²) in [6.07, 6.45) is 0.880. The fourth-order valence-electron chi connectivity index (χ4n) is 7.07. The number of amides is 2. The predicted molar refractivity (Wildman–Crippen MR) is 156 cm³/mol. The molecule has 3 aromatic rings. The molecule has 41 heavy (non-hydrogen) atoms. The molecule has 2 fully saturated rings. The van der Waals surface area contributed by atoms with E-state index in [1.807, 2.05) is 6.07 Å². The number of aromatic nitrogens is 1. The van der Waals surface area contributed by atoms with Gasteiger partial charge in [-0.3, -0.25) is 19.4 Å². The van der Waals surface area contributed by atoms with Crippen molar-refractivity contribution in [3.63, 3.8) is 0 Å². The number of halogens is 3. The first kappa shape index (κ1) is 27.9. The lowest BCUT2D eigenvalue weighted by atomic mass is 9.62. The van der Waals surface area contributed by atoms with Gasteiger partial charge < -0.3 is 16.2 Å². The maximum absolute atomic E-state index is 16.0. The number of pyridine rings is 1. The highest BCUT2D eigenvalue weighted by molar-refractivity contribution is 6.31. The van der Waals surface area contributed by atoms with Crippen molar-refractivity contribution in [3.05, 3.63) is 87.4 Å². The molecule has 2 unspecified atom stereocenters. The van der Waals surface area contributed by atoms with Gasteiger partial charge in [0.15, 0.2) is 0 Å². The first-order valence-corrected chi connectivity index (χ1v) is 14.1. The standard InChI is InChI=1S/C30H30Cl2FN5O3/c1-29(2,3)12-22-30(18-9-7-15(31)11-21(18)36-28(30)41)23(17-5-4-6-19(32)24(17)33)25-27(40)37(14-38(22)25)16-8-10-20(26(34)39)35-13-16/h4-11,13,22-23,25,28,36,41H,12,14H2,1-3H3,(H2,34,39)/t22-,23?,25+,28?,30+/m0/s1. The summed E-state index contributed by atoms with van der Waals surface area (Å²) in [6.45, 7) is 6.48. The Balaban J connectivity index is 1.58. The number of primary amides is 1. The van der Waals surface area contributed by atoms with Crippen molar-refractivity contribution in [2.45, 2.75) is 56.8 Å². The van der Waals surface area contributed by atoms with E-state index in [0.29, 0.717) is 22.8 Å². The maximum Gasteiger partial charge on any atom is 0.267 e. The van der Waals surface area contributed by atoms with Crippen molar-refractivity contribution in [3.8, 4) is 0 Å². The van der Waals surface area contributed by atoms with Gasteiger partial charge in [-0.2, -0.15) is 0 Å². The van der Waals surface area contributed by atoms with E-state index in [2.05, 4.69) is 36.0 Å². The van der Waals surface area contributed by atoms with Crippen LogP contribution in [-0.2, 0) is 10.2 Å². The molecule has 0 aliphatic carbocycles. The molecule has 4 N–H and O–H groups in total. The summed E-state index contributed by atoms with van der Waals surface area (Å²) < 4.78 is 16.0. The average Bonchev–Trinajstić information content (AvgIpc) is 3.48. The maximum atomic E-state index is 16.0. The van der Waals surface area contributed by atoms with E-state index in [1.165, 1.54) is 18.3 Å². The molecule has 3 aliphatic heterocycles. The van der Waals surface area contributed by atoms with Crippen molar-refractivity contribution in [2.75, 3.05) is 16.9 Å². The lowest BCUT2D eigenvalue weighted by Gasteiger charge is -2.44. The number of hydrogen-bond donors (Lipinski definition) is 3. The highest BCUT2D eigenvalue weighted by Gasteiger charge is 2.70. The number of nitrogens with one attached hydrogen (secondary N) is 1. The molecule has 5 atom stereocenters. The van der Waals surface area contributed by atoms with Gasteiger partial charge in [0.2, 0.25) is 5.91 Å². The van der Waals surface area contributed by atoms with Gasteiger partial charge in [0.1, 0.15) is 17.7 Å². The number of carbonyl (C=O) groups is 2. The molecular formula is C30H30Cl2FN5O3. The number of nitrogens with zero attached hydrogens (tertiary/aromatic N) is 3. The number of aliphatic hydroxyl groups excluding tert-OH is 1. The second-order valence-corrected chi connectivity index (χ2v) is 13.0. The van der Waals surface area contributed by atoms with Crippen molar-refractivity contribution in [1.29, 1.82) is 0 Å². The molecule has 0 bridgehead atoms. The van der Waals surface area contributed by atoms with Gasteiger partial charge in [0.05, 0.1) is 35.0 Å². The first-order chi connectivity index (χ1) is 19.3. The third-order valence-corrected chi connectivity index (χ3v) is 9.12. The first-order valence-electron chi connectivity index (χ1n) is 13.4. The highest BCUT2D eigenvalue weighted by Crippen LogP contribution is 2.63. The van der Waals surface area contributed by atoms with Crippen LogP contribution in [0.2, 0.25) is 10.0 Å². The Morgan fingerprint density at radius 3 is 2.63 bits per heavy atom. The SMILES string of the molecule is CC(C)(C)C[C@@H]1N2CN(c3ccc(C(N)=O)nc3)C(=O)[C@H]2C(c2cccc(Cl)c2F)[C@@]12c1ccc(Cl)cc1NC2O. The topological polar surface area (TPSA) is 112 Å². The second-order valence-electron chi connectivity index (χ2n) is 12.2. The molecule has 1 spiro atoms. The van der Waals surface area contributed by atoms with Gasteiger partial charge in [-0.1, -0.05) is 62.2 Å². The van der Waals surface area contributed by atoms with Gasteiger partial charge in [-0.25, -0.2) is 9.37 Å². The quantitative estimate of drug-likeness (QED) is 0.395. The molecule has 11 heteroatoms. The summed E-state index contributed by atoms with van der Waals surface area (Å²) >= 11 is 12.6. The number of anilines is 2. The Bertz CT molecular complexity index is 1560. The second kappa shape index (κ2) is 9.66. The normalized spacial score (nSPS) is 27.3. The largest absolute Gasteiger partial charge is 0.373 e. The molecule has 2 saturated heterocycles. The number of rotatable bonds is 4. The summed E-state index contributed by atoms with van der Waals surface area (Å²) in [6, 6.07) is 12.0. The smallest absolute Gasteiger partial charge is 0.267 e. The van der Waals surface area contributed by atoms with Crippen LogP contribution in [0.3, 0.4) is 0 Å². The lowest BCUT2D eigenvalue weighted by molar-refractivity contribution is -0.119. The Kier molecular flexibility index (Phi) is 6.57. The van der Waals surface area contributed by atoms with Gasteiger partial charge in [-0.05, 0) is 53.3 Å². The minimum Gasteiger partial charge on any atom is -0.373 e. The summed E-state index contributed by atoms with van der Waals surface area (Å²) in [7, 11) is 0. The molecule has 4 heterocycles. The van der Waals surface area contributed by atoms with Crippen LogP contribution >= 0.6 is 23.2 Å². The van der Waals surface area contributed by atoms with Gasteiger partial charge >= 0.3 is 0 Å². The van der Waals surface area contributed by atoms with Gasteiger partial charge in [-0.15, -0.1) is 0 Å². The highest BCUT2D eigenvalue weighted by atomic mass is 35.5. The minimum atomic E-state index is -1.14. The lowest BCUT2D eigenvalue weighted by Crippen LogP contribution is -2.54. The van der Waals surface area contributed by atoms with Crippen LogP contribution in [0.25, 0.3) is 0 Å². The molecule has 214 valence electrons. The zero-order valence-electron chi connectivity index (χ0n) is 22.7. The molecule has 0 saturated carbocycles. The summed E-state index contributed by atoms with van der Waals surface area (Å²) in [5, 5.41) is 15.6. The monoisotopic (exact) mass is 597 g/mol. The summed E-state index contributed by atoms with van der Waals surface area (Å²) in [4.78, 5) is 33.7. The van der Waals surface area contributed by atoms with E-state index in [9.17, 15) is 14.7 Å². The Hall–Kier alpha value is -3.24. The zero-order valence-corrected chi connectivity index (χ0v) is 24.2. The van der Waals surface area contributed by atoms with E-state index in [4.69, 9.17) is 28.9 Å². The van der Waals surface area contributed by atoms with Crippen molar-refractivity contribution < 1.29 is 19.1 Å². The van der Waals surface area contributed by atoms with Crippen LogP contribution < -0.4 is 16.0 Å². The number of benzene rings is 2. The van der Waals surface area contributed by atoms with E-state index >= 15 is 4.39 Å². The number of nitrogens with two attached hydrogens (primary N) is 1.